The molecule has 1 aliphatic heterocycles. The molecule has 1 unspecified atom stereocenters. The molecule has 0 aromatic heterocycles. The summed E-state index contributed by atoms with van der Waals surface area (Å²) in [6.45, 7) is 0. The van der Waals surface area contributed by atoms with Crippen molar-refractivity contribution in [2.75, 3.05) is 0 Å². The van der Waals surface area contributed by atoms with Crippen molar-refractivity contribution >= 4 is 68.4 Å². The summed E-state index contributed by atoms with van der Waals surface area (Å²) < 4.78 is 5.72. The minimum Gasteiger partial charge on any atom is -0.425 e. The van der Waals surface area contributed by atoms with Gasteiger partial charge in [-0.05, 0) is 51.9 Å². The number of amides is 2. The Labute approximate surface area is 154 Å². The smallest absolute Gasteiger partial charge is 0.312 e. The van der Waals surface area contributed by atoms with E-state index in [9.17, 15) is 14.4 Å². The van der Waals surface area contributed by atoms with Gasteiger partial charge in [-0.25, -0.2) is 0 Å². The number of nitrogens with one attached hydrogen (secondary N) is 2. The van der Waals surface area contributed by atoms with Crippen LogP contribution in [0.25, 0.3) is 0 Å². The maximum atomic E-state index is 11.9. The number of hydrazone groups is 1. The lowest BCUT2D eigenvalue weighted by Gasteiger charge is -2.08. The second-order valence-corrected chi connectivity index (χ2v) is 6.96. The normalized spacial score (nSPS) is 17.0. The predicted molar refractivity (Wildman–Crippen MR) is 96.8 cm³/mol. The number of esters is 1. The molecule has 0 radical (unpaired) electrons. The van der Waals surface area contributed by atoms with Crippen molar-refractivity contribution in [3.8, 4) is 5.75 Å². The van der Waals surface area contributed by atoms with Crippen LogP contribution >= 0.6 is 39.9 Å². The summed E-state index contributed by atoms with van der Waals surface area (Å²) >= 11 is 8.67. The first-order valence-corrected chi connectivity index (χ1v) is 8.53. The van der Waals surface area contributed by atoms with Gasteiger partial charge in [0.05, 0.1) is 17.1 Å². The minimum absolute atomic E-state index is 0.0446. The van der Waals surface area contributed by atoms with E-state index >= 15 is 0 Å². The maximum absolute atomic E-state index is 11.9. The molecule has 2 rings (SSSR count). The fraction of sp³-hybridized carbons (Fsp3) is 0.154. The van der Waals surface area contributed by atoms with Crippen LogP contribution in [0.4, 0.5) is 4.79 Å². The Morgan fingerprint density at radius 1 is 1.54 bits per heavy atom. The molecular weight excluding hydrogens is 420 g/mol. The number of rotatable bonds is 5. The van der Waals surface area contributed by atoms with Gasteiger partial charge < -0.3 is 10.5 Å². The number of benzene rings is 1. The van der Waals surface area contributed by atoms with E-state index in [4.69, 9.17) is 10.5 Å². The Morgan fingerprint density at radius 2 is 2.29 bits per heavy atom. The lowest BCUT2D eigenvalue weighted by atomic mass is 10.2. The van der Waals surface area contributed by atoms with Crippen molar-refractivity contribution in [2.45, 2.75) is 11.7 Å². The van der Waals surface area contributed by atoms with Gasteiger partial charge in [-0.2, -0.15) is 5.10 Å². The molecule has 1 aromatic rings. The standard InChI is InChI=1S/C13H11BrN4O4S2/c14-7-3-6(5-16-18-12(15)23)1-2-8(7)22-10(19)4-9-11(20)17-13(21)24-9/h1-3,5,9H,4H2,(H3,15,18,23)(H,17,20,21)/b16-5+. The largest absolute Gasteiger partial charge is 0.425 e. The molecule has 1 saturated heterocycles. The number of halogens is 1. The molecule has 0 aliphatic carbocycles. The Hall–Kier alpha value is -1.98. The van der Waals surface area contributed by atoms with E-state index in [1.807, 2.05) is 0 Å². The molecular formula is C13H11BrN4O4S2. The minimum atomic E-state index is -0.763. The van der Waals surface area contributed by atoms with Gasteiger partial charge in [0.15, 0.2) is 5.11 Å². The Balaban J connectivity index is 1.96. The molecule has 126 valence electrons. The molecule has 24 heavy (non-hydrogen) atoms. The summed E-state index contributed by atoms with van der Waals surface area (Å²) in [4.78, 5) is 34.4. The molecule has 0 spiro atoms. The molecule has 0 saturated carbocycles. The zero-order valence-electron chi connectivity index (χ0n) is 11.9. The quantitative estimate of drug-likeness (QED) is 0.209. The Morgan fingerprint density at radius 3 is 2.88 bits per heavy atom. The third kappa shape index (κ3) is 5.28. The number of ether oxygens (including phenoxy) is 1. The van der Waals surface area contributed by atoms with Gasteiger partial charge >= 0.3 is 5.97 Å². The third-order valence-electron chi connectivity index (χ3n) is 2.69. The molecule has 1 aromatic carbocycles. The van der Waals surface area contributed by atoms with Crippen molar-refractivity contribution in [3.05, 3.63) is 28.2 Å². The van der Waals surface area contributed by atoms with Crippen molar-refractivity contribution in [1.29, 1.82) is 0 Å². The zero-order chi connectivity index (χ0) is 17.7. The highest BCUT2D eigenvalue weighted by Gasteiger charge is 2.33. The summed E-state index contributed by atoms with van der Waals surface area (Å²) in [6, 6.07) is 4.91. The molecule has 0 bridgehead atoms. The SMILES string of the molecule is NC(=S)N/N=C/c1ccc(OC(=O)CC2SC(=O)NC2=O)c(Br)c1. The molecule has 1 fully saturated rings. The van der Waals surface area contributed by atoms with Crippen molar-refractivity contribution in [3.63, 3.8) is 0 Å². The van der Waals surface area contributed by atoms with Crippen molar-refractivity contribution in [1.82, 2.24) is 10.7 Å². The summed E-state index contributed by atoms with van der Waals surface area (Å²) in [5, 5.41) is 4.74. The van der Waals surface area contributed by atoms with Crippen LogP contribution in [0, 0.1) is 0 Å². The molecule has 1 atom stereocenters. The molecule has 8 nitrogen and oxygen atoms in total. The number of imide groups is 1. The van der Waals surface area contributed by atoms with E-state index in [1.165, 1.54) is 6.21 Å². The Kier molecular flexibility index (Phi) is 6.29. The number of carbonyl (C=O) groups is 3. The van der Waals surface area contributed by atoms with Gasteiger partial charge in [0.1, 0.15) is 11.0 Å². The van der Waals surface area contributed by atoms with Crippen LogP contribution in [-0.4, -0.2) is 33.7 Å². The van der Waals surface area contributed by atoms with Crippen LogP contribution in [0.5, 0.6) is 5.75 Å². The summed E-state index contributed by atoms with van der Waals surface area (Å²) in [7, 11) is 0. The second kappa shape index (κ2) is 8.22. The predicted octanol–water partition coefficient (Wildman–Crippen LogP) is 1.26. The topological polar surface area (TPSA) is 123 Å². The van der Waals surface area contributed by atoms with Crippen LogP contribution in [-0.2, 0) is 9.59 Å². The van der Waals surface area contributed by atoms with E-state index in [2.05, 4.69) is 44.0 Å². The average molecular weight is 431 g/mol. The molecule has 4 N–H and O–H groups in total. The molecule has 2 amide bonds. The highest BCUT2D eigenvalue weighted by molar-refractivity contribution is 9.10. The number of hydrogen-bond donors (Lipinski definition) is 3. The first-order valence-electron chi connectivity index (χ1n) is 6.45. The summed E-state index contributed by atoms with van der Waals surface area (Å²) in [5.74, 6) is -0.818. The van der Waals surface area contributed by atoms with E-state index in [0.29, 0.717) is 10.0 Å². The summed E-state index contributed by atoms with van der Waals surface area (Å²) in [6.07, 6.45) is 1.29. The van der Waals surface area contributed by atoms with Crippen molar-refractivity contribution < 1.29 is 19.1 Å². The van der Waals surface area contributed by atoms with E-state index in [0.717, 1.165) is 11.8 Å². The van der Waals surface area contributed by atoms with Gasteiger partial charge in [0, 0.05) is 0 Å². The fourth-order valence-electron chi connectivity index (χ4n) is 1.69. The fourth-order valence-corrected chi connectivity index (χ4v) is 3.03. The number of thiocarbonyl (C=S) groups is 1. The lowest BCUT2D eigenvalue weighted by Crippen LogP contribution is -2.27. The zero-order valence-corrected chi connectivity index (χ0v) is 15.2. The Bertz CT molecular complexity index is 741. The van der Waals surface area contributed by atoms with Gasteiger partial charge in [0.2, 0.25) is 5.91 Å². The second-order valence-electron chi connectivity index (χ2n) is 4.49. The van der Waals surface area contributed by atoms with Gasteiger partial charge in [-0.15, -0.1) is 0 Å². The number of nitrogens with zero attached hydrogens (tertiary/aromatic N) is 1. The highest BCUT2D eigenvalue weighted by Crippen LogP contribution is 2.27. The van der Waals surface area contributed by atoms with Crippen LogP contribution in [0.15, 0.2) is 27.8 Å². The highest BCUT2D eigenvalue weighted by atomic mass is 79.9. The van der Waals surface area contributed by atoms with E-state index in [-0.39, 0.29) is 17.3 Å². The average Bonchev–Trinajstić information content (AvgIpc) is 2.79. The van der Waals surface area contributed by atoms with Crippen molar-refractivity contribution in [2.24, 2.45) is 10.8 Å². The van der Waals surface area contributed by atoms with Crippen LogP contribution in [0.3, 0.4) is 0 Å². The van der Waals surface area contributed by atoms with E-state index in [1.54, 1.807) is 18.2 Å². The van der Waals surface area contributed by atoms with Crippen LogP contribution < -0.4 is 21.2 Å². The molecule has 1 heterocycles. The maximum Gasteiger partial charge on any atom is 0.312 e. The van der Waals surface area contributed by atoms with Gasteiger partial charge in [-0.3, -0.25) is 25.1 Å². The van der Waals surface area contributed by atoms with Gasteiger partial charge in [0.25, 0.3) is 5.24 Å². The van der Waals surface area contributed by atoms with E-state index < -0.39 is 22.4 Å². The number of carbonyl (C=O) groups excluding carboxylic acids is 3. The lowest BCUT2D eigenvalue weighted by molar-refractivity contribution is -0.135. The van der Waals surface area contributed by atoms with Crippen LogP contribution in [0.1, 0.15) is 12.0 Å². The third-order valence-corrected chi connectivity index (χ3v) is 4.38. The summed E-state index contributed by atoms with van der Waals surface area (Å²) in [5.41, 5.74) is 8.37. The monoisotopic (exact) mass is 430 g/mol. The first kappa shape index (κ1) is 18.4. The number of nitrogens with two attached hydrogens (primary N) is 1. The molecule has 11 heteroatoms. The first-order chi connectivity index (χ1) is 11.3. The van der Waals surface area contributed by atoms with Gasteiger partial charge in [-0.1, -0.05) is 11.8 Å². The molecule has 1 aliphatic rings. The number of hydrogen-bond acceptors (Lipinski definition) is 7. The number of thioether (sulfide) groups is 1. The van der Waals surface area contributed by atoms with Crippen LogP contribution in [0.2, 0.25) is 0 Å².